The zero-order valence-corrected chi connectivity index (χ0v) is 13.8. The van der Waals surface area contributed by atoms with Crippen molar-refractivity contribution in [1.82, 2.24) is 4.90 Å². The minimum atomic E-state index is -0.172. The highest BCUT2D eigenvalue weighted by atomic mass is 35.5. The molecule has 0 bridgehead atoms. The van der Waals surface area contributed by atoms with Crippen LogP contribution >= 0.6 is 12.4 Å². The Bertz CT molecular complexity index is 383. The first kappa shape index (κ1) is 19.9. The lowest BCUT2D eigenvalue weighted by atomic mass is 10.1. The van der Waals surface area contributed by atoms with Gasteiger partial charge in [0.15, 0.2) is 0 Å². The maximum Gasteiger partial charge on any atom is 0.224 e. The lowest BCUT2D eigenvalue weighted by molar-refractivity contribution is -0.132. The largest absolute Gasteiger partial charge is 0.380 e. The van der Waals surface area contributed by atoms with E-state index in [0.717, 1.165) is 25.8 Å². The minimum Gasteiger partial charge on any atom is -0.380 e. The lowest BCUT2D eigenvalue weighted by Gasteiger charge is -2.20. The molecule has 1 atom stereocenters. The molecular weight excluding hydrogens is 288 g/mol. The second kappa shape index (κ2) is 11.5. The summed E-state index contributed by atoms with van der Waals surface area (Å²) >= 11 is 0. The van der Waals surface area contributed by atoms with E-state index in [4.69, 9.17) is 10.5 Å². The summed E-state index contributed by atoms with van der Waals surface area (Å²) < 4.78 is 5.13. The number of rotatable bonds is 9. The van der Waals surface area contributed by atoms with Crippen LogP contribution in [0.4, 0.5) is 0 Å². The summed E-state index contributed by atoms with van der Waals surface area (Å²) in [4.78, 5) is 13.7. The van der Waals surface area contributed by atoms with E-state index in [0.29, 0.717) is 13.0 Å². The van der Waals surface area contributed by atoms with Gasteiger partial charge in [-0.2, -0.15) is 0 Å². The first-order chi connectivity index (χ1) is 9.67. The van der Waals surface area contributed by atoms with E-state index in [-0.39, 0.29) is 24.4 Å². The third kappa shape index (κ3) is 8.05. The third-order valence-electron chi connectivity index (χ3n) is 3.48. The van der Waals surface area contributed by atoms with Crippen molar-refractivity contribution in [3.8, 4) is 0 Å². The van der Waals surface area contributed by atoms with Gasteiger partial charge in [-0.25, -0.2) is 0 Å². The molecule has 0 aromatic heterocycles. The normalized spacial score (nSPS) is 11.6. The van der Waals surface area contributed by atoms with E-state index in [1.54, 1.807) is 12.0 Å². The molecule has 1 aromatic rings. The number of nitrogens with zero attached hydrogens (tertiary/aromatic N) is 1. The van der Waals surface area contributed by atoms with Crippen LogP contribution in [-0.2, 0) is 16.0 Å². The summed E-state index contributed by atoms with van der Waals surface area (Å²) in [5.74, 6) is 0.0991. The molecule has 0 saturated carbocycles. The third-order valence-corrected chi connectivity index (χ3v) is 3.48. The Balaban J connectivity index is 0.00000400. The summed E-state index contributed by atoms with van der Waals surface area (Å²) in [6, 6.07) is 10.4. The van der Waals surface area contributed by atoms with Gasteiger partial charge in [-0.05, 0) is 24.8 Å². The van der Waals surface area contributed by atoms with Gasteiger partial charge in [0.25, 0.3) is 0 Å². The highest BCUT2D eigenvalue weighted by Gasteiger charge is 2.14. The Morgan fingerprint density at radius 2 is 1.95 bits per heavy atom. The molecule has 1 rings (SSSR count). The van der Waals surface area contributed by atoms with Crippen molar-refractivity contribution >= 4 is 18.3 Å². The number of carbonyl (C=O) groups is 1. The van der Waals surface area contributed by atoms with Crippen molar-refractivity contribution in [2.75, 3.05) is 27.2 Å². The number of nitrogens with two attached hydrogens (primary N) is 1. The van der Waals surface area contributed by atoms with Crippen LogP contribution in [0.3, 0.4) is 0 Å². The van der Waals surface area contributed by atoms with Gasteiger partial charge in [0.1, 0.15) is 0 Å². The fraction of sp³-hybridized carbons (Fsp3) is 0.562. The molecule has 21 heavy (non-hydrogen) atoms. The van der Waals surface area contributed by atoms with E-state index >= 15 is 0 Å². The first-order valence-corrected chi connectivity index (χ1v) is 7.18. The van der Waals surface area contributed by atoms with Gasteiger partial charge in [-0.3, -0.25) is 4.79 Å². The lowest BCUT2D eigenvalue weighted by Crippen LogP contribution is -2.34. The summed E-state index contributed by atoms with van der Waals surface area (Å²) in [5.41, 5.74) is 6.87. The van der Waals surface area contributed by atoms with Crippen LogP contribution < -0.4 is 5.73 Å². The number of halogens is 1. The molecule has 0 aliphatic rings. The Morgan fingerprint density at radius 1 is 1.29 bits per heavy atom. The molecule has 1 amide bonds. The van der Waals surface area contributed by atoms with Crippen LogP contribution in [-0.4, -0.2) is 44.2 Å². The van der Waals surface area contributed by atoms with E-state index in [9.17, 15) is 4.79 Å². The summed E-state index contributed by atoms with van der Waals surface area (Å²) in [6.07, 6.45) is 3.35. The molecule has 0 aliphatic carbocycles. The first-order valence-electron chi connectivity index (χ1n) is 7.18. The monoisotopic (exact) mass is 314 g/mol. The molecule has 1 aromatic carbocycles. The quantitative estimate of drug-likeness (QED) is 0.711. The van der Waals surface area contributed by atoms with Crippen LogP contribution in [0.15, 0.2) is 30.3 Å². The van der Waals surface area contributed by atoms with E-state index in [2.05, 4.69) is 24.3 Å². The smallest absolute Gasteiger partial charge is 0.224 e. The van der Waals surface area contributed by atoms with Crippen molar-refractivity contribution in [1.29, 1.82) is 0 Å². The number of unbranched alkanes of at least 4 members (excludes halogenated alkanes) is 1. The summed E-state index contributed by atoms with van der Waals surface area (Å²) in [7, 11) is 3.43. The maximum atomic E-state index is 11.9. The van der Waals surface area contributed by atoms with Crippen molar-refractivity contribution in [3.05, 3.63) is 35.9 Å². The number of hydrogen-bond donors (Lipinski definition) is 1. The standard InChI is InChI=1S/C16H26N2O2.ClH/c1-18(16(19)12-15(13-17)20-2)11-7-6-10-14-8-4-3-5-9-14;/h3-5,8-9,15H,6-7,10-13,17H2,1-2H3;1H. The predicted octanol–water partition coefficient (Wildman–Crippen LogP) is 2.25. The Morgan fingerprint density at radius 3 is 2.52 bits per heavy atom. The number of ether oxygens (including phenoxy) is 1. The number of aryl methyl sites for hydroxylation is 1. The van der Waals surface area contributed by atoms with Crippen LogP contribution in [0.1, 0.15) is 24.8 Å². The van der Waals surface area contributed by atoms with Gasteiger partial charge < -0.3 is 15.4 Å². The number of carbonyl (C=O) groups excluding carboxylic acids is 1. The van der Waals surface area contributed by atoms with Gasteiger partial charge in [-0.15, -0.1) is 12.4 Å². The van der Waals surface area contributed by atoms with Gasteiger partial charge in [0, 0.05) is 27.2 Å². The molecular formula is C16H27ClN2O2. The van der Waals surface area contributed by atoms with Gasteiger partial charge in [-0.1, -0.05) is 30.3 Å². The highest BCUT2D eigenvalue weighted by Crippen LogP contribution is 2.06. The molecule has 5 heteroatoms. The minimum absolute atomic E-state index is 0. The van der Waals surface area contributed by atoms with Crippen LogP contribution in [0.5, 0.6) is 0 Å². The molecule has 120 valence electrons. The van der Waals surface area contributed by atoms with Crippen LogP contribution in [0, 0.1) is 0 Å². The Hall–Kier alpha value is -1.10. The highest BCUT2D eigenvalue weighted by molar-refractivity contribution is 5.85. The van der Waals surface area contributed by atoms with Crippen molar-refractivity contribution < 1.29 is 9.53 Å². The van der Waals surface area contributed by atoms with Gasteiger partial charge >= 0.3 is 0 Å². The second-order valence-corrected chi connectivity index (χ2v) is 5.06. The predicted molar refractivity (Wildman–Crippen MR) is 88.7 cm³/mol. The molecule has 0 fully saturated rings. The number of benzene rings is 1. The maximum absolute atomic E-state index is 11.9. The topological polar surface area (TPSA) is 55.6 Å². The fourth-order valence-corrected chi connectivity index (χ4v) is 2.06. The SMILES string of the molecule is COC(CN)CC(=O)N(C)CCCCc1ccccc1.Cl. The zero-order valence-electron chi connectivity index (χ0n) is 13.0. The van der Waals surface area contributed by atoms with Crippen molar-refractivity contribution in [3.63, 3.8) is 0 Å². The Labute approximate surface area is 134 Å². The van der Waals surface area contributed by atoms with E-state index in [1.165, 1.54) is 5.56 Å². The van der Waals surface area contributed by atoms with Crippen molar-refractivity contribution in [2.45, 2.75) is 31.8 Å². The molecule has 4 nitrogen and oxygen atoms in total. The summed E-state index contributed by atoms with van der Waals surface area (Å²) in [6.45, 7) is 1.16. The molecule has 0 heterocycles. The number of methoxy groups -OCH3 is 1. The van der Waals surface area contributed by atoms with Crippen LogP contribution in [0.25, 0.3) is 0 Å². The molecule has 0 saturated heterocycles. The van der Waals surface area contributed by atoms with Crippen molar-refractivity contribution in [2.24, 2.45) is 5.73 Å². The van der Waals surface area contributed by atoms with E-state index < -0.39 is 0 Å². The van der Waals surface area contributed by atoms with Gasteiger partial charge in [0.2, 0.25) is 5.91 Å². The molecule has 2 N–H and O–H groups in total. The summed E-state index contributed by atoms with van der Waals surface area (Å²) in [5, 5.41) is 0. The Kier molecular flexibility index (Phi) is 10.9. The van der Waals surface area contributed by atoms with E-state index in [1.807, 2.05) is 13.1 Å². The molecule has 1 unspecified atom stereocenters. The average molecular weight is 315 g/mol. The average Bonchev–Trinajstić information content (AvgIpc) is 2.49. The van der Waals surface area contributed by atoms with Gasteiger partial charge in [0.05, 0.1) is 12.5 Å². The molecule has 0 radical (unpaired) electrons. The zero-order chi connectivity index (χ0) is 14.8. The fourth-order valence-electron chi connectivity index (χ4n) is 2.06. The van der Waals surface area contributed by atoms with Crippen LogP contribution in [0.2, 0.25) is 0 Å². The number of amides is 1. The number of hydrogen-bond acceptors (Lipinski definition) is 3. The molecule has 0 aliphatic heterocycles. The second-order valence-electron chi connectivity index (χ2n) is 5.06. The molecule has 0 spiro atoms.